The number of hydrogen-bond donors (Lipinski definition) is 0. The van der Waals surface area contributed by atoms with Crippen molar-refractivity contribution in [2.45, 2.75) is 66.5 Å². The Morgan fingerprint density at radius 1 is 1.09 bits per heavy atom. The average Bonchev–Trinajstić information content (AvgIpc) is 2.49. The summed E-state index contributed by atoms with van der Waals surface area (Å²) in [4.78, 5) is 18.7. The molecular formula is C18H37N3O. The highest BCUT2D eigenvalue weighted by Crippen LogP contribution is 2.21. The van der Waals surface area contributed by atoms with Crippen molar-refractivity contribution >= 4 is 5.91 Å². The molecule has 2 saturated heterocycles. The molecule has 2 aliphatic rings. The van der Waals surface area contributed by atoms with E-state index >= 15 is 0 Å². The smallest absolute Gasteiger partial charge is 0.219 e. The van der Waals surface area contributed by atoms with Gasteiger partial charge in [0.05, 0.1) is 0 Å². The zero-order chi connectivity index (χ0) is 16.7. The fourth-order valence-electron chi connectivity index (χ4n) is 3.68. The Hall–Kier alpha value is -0.610. The van der Waals surface area contributed by atoms with Crippen molar-refractivity contribution in [3.05, 3.63) is 0 Å². The minimum Gasteiger partial charge on any atom is -0.338 e. The van der Waals surface area contributed by atoms with Gasteiger partial charge in [-0.25, -0.2) is 0 Å². The van der Waals surface area contributed by atoms with Gasteiger partial charge in [0.25, 0.3) is 0 Å². The first kappa shape index (κ1) is 19.4. The van der Waals surface area contributed by atoms with Crippen LogP contribution < -0.4 is 0 Å². The predicted molar refractivity (Wildman–Crippen MR) is 94.1 cm³/mol. The van der Waals surface area contributed by atoms with E-state index in [2.05, 4.69) is 30.6 Å². The number of piperidine rings is 1. The van der Waals surface area contributed by atoms with Crippen molar-refractivity contribution in [3.8, 4) is 0 Å². The topological polar surface area (TPSA) is 26.8 Å². The zero-order valence-corrected chi connectivity index (χ0v) is 15.6. The van der Waals surface area contributed by atoms with E-state index in [1.165, 1.54) is 32.5 Å². The molecule has 1 amide bonds. The molecule has 0 bridgehead atoms. The van der Waals surface area contributed by atoms with E-state index < -0.39 is 0 Å². The lowest BCUT2D eigenvalue weighted by Crippen LogP contribution is -2.54. The maximum atomic E-state index is 11.5. The zero-order valence-electron chi connectivity index (χ0n) is 15.6. The summed E-state index contributed by atoms with van der Waals surface area (Å²) >= 11 is 0. The SMILES string of the molecule is CC.CC(=O)N1CCN(CC2CCN(C(C)C)CC2)CC1C. The Morgan fingerprint density at radius 3 is 2.14 bits per heavy atom. The van der Waals surface area contributed by atoms with E-state index in [1.54, 1.807) is 6.92 Å². The van der Waals surface area contributed by atoms with Gasteiger partial charge >= 0.3 is 0 Å². The molecule has 130 valence electrons. The molecule has 0 aliphatic carbocycles. The molecular weight excluding hydrogens is 274 g/mol. The summed E-state index contributed by atoms with van der Waals surface area (Å²) < 4.78 is 0. The van der Waals surface area contributed by atoms with E-state index in [1.807, 2.05) is 18.7 Å². The Balaban J connectivity index is 0.00000116. The fourth-order valence-corrected chi connectivity index (χ4v) is 3.68. The molecule has 0 aromatic carbocycles. The third-order valence-corrected chi connectivity index (χ3v) is 5.01. The summed E-state index contributed by atoms with van der Waals surface area (Å²) in [5, 5.41) is 0. The first-order valence-corrected chi connectivity index (χ1v) is 9.21. The lowest BCUT2D eigenvalue weighted by Gasteiger charge is -2.42. The van der Waals surface area contributed by atoms with Crippen LogP contribution in [0.3, 0.4) is 0 Å². The maximum absolute atomic E-state index is 11.5. The van der Waals surface area contributed by atoms with Crippen LogP contribution in [0.2, 0.25) is 0 Å². The van der Waals surface area contributed by atoms with Gasteiger partial charge in [0, 0.05) is 45.2 Å². The van der Waals surface area contributed by atoms with Crippen LogP contribution in [0.1, 0.15) is 54.4 Å². The van der Waals surface area contributed by atoms with Gasteiger partial charge in [-0.15, -0.1) is 0 Å². The second-order valence-electron chi connectivity index (χ2n) is 6.89. The normalized spacial score (nSPS) is 25.0. The highest BCUT2D eigenvalue weighted by molar-refractivity contribution is 5.73. The van der Waals surface area contributed by atoms with E-state index in [-0.39, 0.29) is 5.91 Å². The molecule has 22 heavy (non-hydrogen) atoms. The van der Waals surface area contributed by atoms with Gasteiger partial charge in [0.1, 0.15) is 0 Å². The Morgan fingerprint density at radius 2 is 1.68 bits per heavy atom. The van der Waals surface area contributed by atoms with Crippen LogP contribution in [-0.2, 0) is 4.79 Å². The predicted octanol–water partition coefficient (Wildman–Crippen LogP) is 2.69. The Bertz CT molecular complexity index is 324. The van der Waals surface area contributed by atoms with E-state index in [4.69, 9.17) is 0 Å². The number of carbonyl (C=O) groups excluding carboxylic acids is 1. The Labute approximate surface area is 137 Å². The highest BCUT2D eigenvalue weighted by Gasteiger charge is 2.28. The first-order chi connectivity index (χ1) is 10.5. The summed E-state index contributed by atoms with van der Waals surface area (Å²) in [6, 6.07) is 1.06. The minimum atomic E-state index is 0.224. The number of carbonyl (C=O) groups is 1. The number of nitrogens with zero attached hydrogens (tertiary/aromatic N) is 3. The summed E-state index contributed by atoms with van der Waals surface area (Å²) in [6.45, 7) is 19.2. The van der Waals surface area contributed by atoms with Crippen molar-refractivity contribution < 1.29 is 4.79 Å². The molecule has 0 aromatic rings. The van der Waals surface area contributed by atoms with Gasteiger partial charge in [0.15, 0.2) is 0 Å². The molecule has 0 saturated carbocycles. The number of amides is 1. The van der Waals surface area contributed by atoms with Crippen molar-refractivity contribution in [1.82, 2.24) is 14.7 Å². The van der Waals surface area contributed by atoms with Crippen LogP contribution in [0.4, 0.5) is 0 Å². The maximum Gasteiger partial charge on any atom is 0.219 e. The summed E-state index contributed by atoms with van der Waals surface area (Å²) in [6.07, 6.45) is 2.67. The van der Waals surface area contributed by atoms with Crippen molar-refractivity contribution in [2.24, 2.45) is 5.92 Å². The molecule has 2 rings (SSSR count). The third kappa shape index (κ3) is 5.54. The average molecular weight is 312 g/mol. The molecule has 4 nitrogen and oxygen atoms in total. The molecule has 2 heterocycles. The fraction of sp³-hybridized carbons (Fsp3) is 0.944. The number of piperazine rings is 1. The highest BCUT2D eigenvalue weighted by atomic mass is 16.2. The van der Waals surface area contributed by atoms with Gasteiger partial charge in [-0.3, -0.25) is 9.69 Å². The van der Waals surface area contributed by atoms with Crippen LogP contribution in [0.5, 0.6) is 0 Å². The van der Waals surface area contributed by atoms with Crippen molar-refractivity contribution in [1.29, 1.82) is 0 Å². The first-order valence-electron chi connectivity index (χ1n) is 9.21. The van der Waals surface area contributed by atoms with Gasteiger partial charge in [-0.1, -0.05) is 13.8 Å². The second-order valence-corrected chi connectivity index (χ2v) is 6.89. The molecule has 1 atom stereocenters. The second kappa shape index (κ2) is 9.51. The molecule has 0 N–H and O–H groups in total. The third-order valence-electron chi connectivity index (χ3n) is 5.01. The molecule has 2 fully saturated rings. The summed E-state index contributed by atoms with van der Waals surface area (Å²) in [5.41, 5.74) is 0. The van der Waals surface area contributed by atoms with Gasteiger partial charge < -0.3 is 9.80 Å². The largest absolute Gasteiger partial charge is 0.338 e. The molecule has 0 spiro atoms. The van der Waals surface area contributed by atoms with Gasteiger partial charge in [-0.2, -0.15) is 0 Å². The summed E-state index contributed by atoms with van der Waals surface area (Å²) in [7, 11) is 0. The molecule has 0 radical (unpaired) electrons. The van der Waals surface area contributed by atoms with E-state index in [0.29, 0.717) is 12.1 Å². The molecule has 4 heteroatoms. The standard InChI is InChI=1S/C16H31N3O.C2H6/c1-13(2)18-7-5-16(6-8-18)12-17-9-10-19(15(4)20)14(3)11-17;1-2/h13-14,16H,5-12H2,1-4H3;1-2H3. The van der Waals surface area contributed by atoms with Gasteiger partial charge in [0.2, 0.25) is 5.91 Å². The number of hydrogen-bond acceptors (Lipinski definition) is 3. The van der Waals surface area contributed by atoms with Crippen LogP contribution in [0.25, 0.3) is 0 Å². The van der Waals surface area contributed by atoms with Crippen LogP contribution >= 0.6 is 0 Å². The van der Waals surface area contributed by atoms with Crippen LogP contribution in [0.15, 0.2) is 0 Å². The lowest BCUT2D eigenvalue weighted by atomic mass is 9.95. The molecule has 2 aliphatic heterocycles. The van der Waals surface area contributed by atoms with E-state index in [9.17, 15) is 4.79 Å². The van der Waals surface area contributed by atoms with Crippen molar-refractivity contribution in [2.75, 3.05) is 39.3 Å². The van der Waals surface area contributed by atoms with E-state index in [0.717, 1.165) is 25.6 Å². The van der Waals surface area contributed by atoms with Crippen LogP contribution in [-0.4, -0.2) is 72.0 Å². The molecule has 1 unspecified atom stereocenters. The lowest BCUT2D eigenvalue weighted by molar-refractivity contribution is -0.133. The molecule has 0 aromatic heterocycles. The Kier molecular flexibility index (Phi) is 8.40. The quantitative estimate of drug-likeness (QED) is 0.802. The van der Waals surface area contributed by atoms with Crippen molar-refractivity contribution in [3.63, 3.8) is 0 Å². The van der Waals surface area contributed by atoms with Gasteiger partial charge in [-0.05, 0) is 52.6 Å². The number of rotatable bonds is 3. The minimum absolute atomic E-state index is 0.224. The summed E-state index contributed by atoms with van der Waals surface area (Å²) in [5.74, 6) is 1.07. The van der Waals surface area contributed by atoms with Crippen LogP contribution in [0, 0.1) is 5.92 Å². The number of likely N-dealkylation sites (tertiary alicyclic amines) is 1. The monoisotopic (exact) mass is 311 g/mol.